The van der Waals surface area contributed by atoms with Crippen LogP contribution < -0.4 is 5.56 Å². The van der Waals surface area contributed by atoms with Gasteiger partial charge >= 0.3 is 0 Å². The molecule has 23 heavy (non-hydrogen) atoms. The van der Waals surface area contributed by atoms with Gasteiger partial charge in [-0.2, -0.15) is 0 Å². The maximum absolute atomic E-state index is 12.9. The highest BCUT2D eigenvalue weighted by atomic mass is 32.1. The minimum atomic E-state index is 0.0280. The number of fused-ring (bicyclic) bond motifs is 1. The largest absolute Gasteiger partial charge is 0.293 e. The van der Waals surface area contributed by atoms with Gasteiger partial charge in [0, 0.05) is 15.8 Å². The van der Waals surface area contributed by atoms with Crippen LogP contribution in [0.2, 0.25) is 0 Å². The smallest absolute Gasteiger partial charge is 0.263 e. The molecule has 0 bridgehead atoms. The number of aryl methyl sites for hydroxylation is 1. The molecule has 3 aromatic heterocycles. The van der Waals surface area contributed by atoms with E-state index in [1.165, 1.54) is 16.9 Å². The molecule has 0 aliphatic heterocycles. The fraction of sp³-hybridized carbons (Fsp3) is 0.111. The first-order chi connectivity index (χ1) is 11.2. The van der Waals surface area contributed by atoms with Gasteiger partial charge < -0.3 is 0 Å². The summed E-state index contributed by atoms with van der Waals surface area (Å²) in [5, 5.41) is 4.77. The average Bonchev–Trinajstić information content (AvgIpc) is 3.21. The van der Waals surface area contributed by atoms with Gasteiger partial charge in [0.15, 0.2) is 0 Å². The molecule has 0 amide bonds. The van der Waals surface area contributed by atoms with Crippen LogP contribution in [-0.2, 0) is 6.54 Å². The lowest BCUT2D eigenvalue weighted by Gasteiger charge is -2.05. The first-order valence-corrected chi connectivity index (χ1v) is 9.04. The SMILES string of the molecule is Cc1ccc(-c2csc3ncn(Cc4cccs4)c(=O)c23)cc1. The van der Waals surface area contributed by atoms with Crippen LogP contribution in [0.25, 0.3) is 21.3 Å². The highest BCUT2D eigenvalue weighted by Gasteiger charge is 2.13. The second-order valence-electron chi connectivity index (χ2n) is 5.45. The van der Waals surface area contributed by atoms with Gasteiger partial charge in [-0.3, -0.25) is 9.36 Å². The summed E-state index contributed by atoms with van der Waals surface area (Å²) >= 11 is 3.17. The van der Waals surface area contributed by atoms with E-state index < -0.39 is 0 Å². The van der Waals surface area contributed by atoms with Crippen molar-refractivity contribution in [2.75, 3.05) is 0 Å². The Morgan fingerprint density at radius 3 is 2.70 bits per heavy atom. The van der Waals surface area contributed by atoms with E-state index in [1.54, 1.807) is 22.2 Å². The third-order valence-corrected chi connectivity index (χ3v) is 5.58. The summed E-state index contributed by atoms with van der Waals surface area (Å²) in [6.45, 7) is 2.63. The van der Waals surface area contributed by atoms with Gasteiger partial charge in [0.05, 0.1) is 18.3 Å². The first kappa shape index (κ1) is 14.4. The van der Waals surface area contributed by atoms with Crippen molar-refractivity contribution in [1.82, 2.24) is 9.55 Å². The van der Waals surface area contributed by atoms with Crippen LogP contribution in [0.15, 0.2) is 58.3 Å². The van der Waals surface area contributed by atoms with Crippen molar-refractivity contribution < 1.29 is 0 Å². The second-order valence-corrected chi connectivity index (χ2v) is 7.34. The van der Waals surface area contributed by atoms with E-state index >= 15 is 0 Å². The van der Waals surface area contributed by atoms with Crippen LogP contribution in [0.1, 0.15) is 10.4 Å². The van der Waals surface area contributed by atoms with Crippen LogP contribution in [0.5, 0.6) is 0 Å². The van der Waals surface area contributed by atoms with Gasteiger partial charge in [-0.05, 0) is 23.9 Å². The lowest BCUT2D eigenvalue weighted by Crippen LogP contribution is -2.20. The van der Waals surface area contributed by atoms with Gasteiger partial charge in [-0.15, -0.1) is 22.7 Å². The third kappa shape index (κ3) is 2.62. The zero-order valence-electron chi connectivity index (χ0n) is 12.5. The fourth-order valence-electron chi connectivity index (χ4n) is 2.60. The van der Waals surface area contributed by atoms with Crippen molar-refractivity contribution in [3.8, 4) is 11.1 Å². The zero-order chi connectivity index (χ0) is 15.8. The maximum atomic E-state index is 12.9. The van der Waals surface area contributed by atoms with Crippen molar-refractivity contribution in [3.63, 3.8) is 0 Å². The van der Waals surface area contributed by atoms with Crippen LogP contribution in [-0.4, -0.2) is 9.55 Å². The summed E-state index contributed by atoms with van der Waals surface area (Å²) in [4.78, 5) is 19.3. The monoisotopic (exact) mass is 338 g/mol. The molecule has 0 unspecified atom stereocenters. The number of rotatable bonds is 3. The third-order valence-electron chi connectivity index (χ3n) is 3.83. The van der Waals surface area contributed by atoms with E-state index in [4.69, 9.17) is 0 Å². The van der Waals surface area contributed by atoms with Crippen molar-refractivity contribution >= 4 is 32.9 Å². The molecule has 4 aromatic rings. The summed E-state index contributed by atoms with van der Waals surface area (Å²) in [5.41, 5.74) is 3.28. The Morgan fingerprint density at radius 1 is 1.13 bits per heavy atom. The first-order valence-electron chi connectivity index (χ1n) is 7.28. The predicted molar refractivity (Wildman–Crippen MR) is 97.5 cm³/mol. The minimum Gasteiger partial charge on any atom is -0.293 e. The Bertz CT molecular complexity index is 1010. The molecule has 0 aliphatic carbocycles. The molecule has 4 rings (SSSR count). The van der Waals surface area contributed by atoms with Crippen LogP contribution in [0.3, 0.4) is 0 Å². The Balaban J connectivity index is 1.87. The number of nitrogens with zero attached hydrogens (tertiary/aromatic N) is 2. The Kier molecular flexibility index (Phi) is 3.59. The highest BCUT2D eigenvalue weighted by molar-refractivity contribution is 7.17. The molecule has 0 fully saturated rings. The molecule has 0 saturated carbocycles. The second kappa shape index (κ2) is 5.76. The van der Waals surface area contributed by atoms with E-state index in [9.17, 15) is 4.79 Å². The summed E-state index contributed by atoms with van der Waals surface area (Å²) < 4.78 is 1.69. The van der Waals surface area contributed by atoms with Crippen LogP contribution in [0, 0.1) is 6.92 Å². The van der Waals surface area contributed by atoms with E-state index in [-0.39, 0.29) is 5.56 Å². The fourth-order valence-corrected chi connectivity index (χ4v) is 4.21. The quantitative estimate of drug-likeness (QED) is 0.549. The summed E-state index contributed by atoms with van der Waals surface area (Å²) in [6, 6.07) is 12.3. The number of hydrogen-bond donors (Lipinski definition) is 0. The summed E-state index contributed by atoms with van der Waals surface area (Å²) in [7, 11) is 0. The van der Waals surface area contributed by atoms with Crippen LogP contribution in [0.4, 0.5) is 0 Å². The summed E-state index contributed by atoms with van der Waals surface area (Å²) in [6.07, 6.45) is 1.65. The normalized spacial score (nSPS) is 11.2. The molecular formula is C18H14N2OS2. The molecule has 5 heteroatoms. The molecule has 0 spiro atoms. The van der Waals surface area contributed by atoms with Crippen molar-refractivity contribution in [3.05, 3.63) is 74.3 Å². The highest BCUT2D eigenvalue weighted by Crippen LogP contribution is 2.30. The lowest BCUT2D eigenvalue weighted by molar-refractivity contribution is 0.759. The Labute approximate surface area is 141 Å². The molecule has 0 aliphatic rings. The number of benzene rings is 1. The molecule has 3 heterocycles. The molecule has 114 valence electrons. The average molecular weight is 338 g/mol. The Morgan fingerprint density at radius 2 is 1.96 bits per heavy atom. The zero-order valence-corrected chi connectivity index (χ0v) is 14.2. The molecule has 3 nitrogen and oxygen atoms in total. The van der Waals surface area contributed by atoms with Crippen molar-refractivity contribution in [2.45, 2.75) is 13.5 Å². The van der Waals surface area contributed by atoms with E-state index in [2.05, 4.69) is 36.2 Å². The van der Waals surface area contributed by atoms with Gasteiger partial charge in [0.1, 0.15) is 4.83 Å². The molecular weight excluding hydrogens is 324 g/mol. The molecule has 1 aromatic carbocycles. The molecule has 0 radical (unpaired) electrons. The van der Waals surface area contributed by atoms with Gasteiger partial charge in [-0.1, -0.05) is 35.9 Å². The van der Waals surface area contributed by atoms with Gasteiger partial charge in [0.2, 0.25) is 0 Å². The number of aromatic nitrogens is 2. The van der Waals surface area contributed by atoms with E-state index in [1.807, 2.05) is 22.9 Å². The predicted octanol–water partition coefficient (Wildman–Crippen LogP) is 4.54. The molecule has 0 atom stereocenters. The summed E-state index contributed by atoms with van der Waals surface area (Å²) in [5.74, 6) is 0. The van der Waals surface area contributed by atoms with Crippen molar-refractivity contribution in [2.24, 2.45) is 0 Å². The number of thiophene rings is 2. The van der Waals surface area contributed by atoms with Gasteiger partial charge in [0.25, 0.3) is 5.56 Å². The van der Waals surface area contributed by atoms with Gasteiger partial charge in [-0.25, -0.2) is 4.98 Å². The molecule has 0 N–H and O–H groups in total. The maximum Gasteiger partial charge on any atom is 0.263 e. The van der Waals surface area contributed by atoms with E-state index in [0.29, 0.717) is 6.54 Å². The Hall–Kier alpha value is -2.24. The minimum absolute atomic E-state index is 0.0280. The standard InChI is InChI=1S/C18H14N2OS2/c1-12-4-6-13(7-5-12)15-10-23-17-16(15)18(21)20(11-19-17)9-14-3-2-8-22-14/h2-8,10-11H,9H2,1H3. The van der Waals surface area contributed by atoms with E-state index in [0.717, 1.165) is 26.2 Å². The topological polar surface area (TPSA) is 34.9 Å². The lowest BCUT2D eigenvalue weighted by atomic mass is 10.1. The van der Waals surface area contributed by atoms with Crippen molar-refractivity contribution in [1.29, 1.82) is 0 Å². The molecule has 0 saturated heterocycles. The number of hydrogen-bond acceptors (Lipinski definition) is 4. The van der Waals surface area contributed by atoms with Crippen LogP contribution >= 0.6 is 22.7 Å².